The number of halogens is 2. The van der Waals surface area contributed by atoms with E-state index in [-0.39, 0.29) is 34.4 Å². The van der Waals surface area contributed by atoms with Gasteiger partial charge in [0.2, 0.25) is 0 Å². The number of anilines is 2. The van der Waals surface area contributed by atoms with Crippen LogP contribution >= 0.6 is 0 Å². The molecule has 4 aromatic carbocycles. The minimum atomic E-state index is -4.61. The second-order valence-corrected chi connectivity index (χ2v) is 23.3. The van der Waals surface area contributed by atoms with E-state index in [0.717, 1.165) is 94.5 Å². The fourth-order valence-corrected chi connectivity index (χ4v) is 12.9. The molecule has 0 bridgehead atoms. The molecular formula is C56H64F2N8O7S. The van der Waals surface area contributed by atoms with Crippen molar-refractivity contribution in [2.24, 2.45) is 11.3 Å². The van der Waals surface area contributed by atoms with Crippen molar-refractivity contribution in [3.05, 3.63) is 147 Å². The topological polar surface area (TPSA) is 186 Å². The SMILES string of the molecule is CC(C)c1ccccc1C1CN(Cc2cc(F)cc(F)c2)CCN1C1CC2(CCN(c3ccc(C(=O)NS(=O)(=O)c4ccc(NCC5CCC(C)(O)CC5)c([N+](=O)[O-])c4)c(Oc4cnc5[nH]ccc5c4)c3)CC2)C1. The van der Waals surface area contributed by atoms with Crippen molar-refractivity contribution in [3.63, 3.8) is 0 Å². The number of ether oxygens (including phenoxy) is 1. The highest BCUT2D eigenvalue weighted by Crippen LogP contribution is 2.53. The smallest absolute Gasteiger partial charge is 0.293 e. The summed E-state index contributed by atoms with van der Waals surface area (Å²) in [5.41, 5.74) is 3.78. The first kappa shape index (κ1) is 51.0. The number of nitrogens with one attached hydrogen (secondary N) is 3. The van der Waals surface area contributed by atoms with E-state index >= 15 is 0 Å². The molecule has 390 valence electrons. The van der Waals surface area contributed by atoms with Crippen LogP contribution in [0.4, 0.5) is 25.8 Å². The van der Waals surface area contributed by atoms with Gasteiger partial charge in [0.05, 0.1) is 27.2 Å². The zero-order chi connectivity index (χ0) is 51.9. The van der Waals surface area contributed by atoms with E-state index < -0.39 is 48.7 Å². The number of aromatic amines is 1. The van der Waals surface area contributed by atoms with Gasteiger partial charge in [-0.3, -0.25) is 24.7 Å². The molecule has 15 nitrogen and oxygen atoms in total. The molecule has 74 heavy (non-hydrogen) atoms. The van der Waals surface area contributed by atoms with Gasteiger partial charge in [0.15, 0.2) is 0 Å². The van der Waals surface area contributed by atoms with E-state index in [9.17, 15) is 37.2 Å². The summed E-state index contributed by atoms with van der Waals surface area (Å²) in [4.78, 5) is 40.0. The minimum absolute atomic E-state index is 0.0576. The second-order valence-electron chi connectivity index (χ2n) is 21.7. The molecule has 1 unspecified atom stereocenters. The Morgan fingerprint density at radius 1 is 0.946 bits per heavy atom. The lowest BCUT2D eigenvalue weighted by molar-refractivity contribution is -0.384. The Kier molecular flexibility index (Phi) is 14.3. The summed E-state index contributed by atoms with van der Waals surface area (Å²) >= 11 is 0. The fraction of sp³-hybridized carbons (Fsp3) is 0.429. The van der Waals surface area contributed by atoms with Gasteiger partial charge < -0.3 is 25.0 Å². The number of nitrogens with zero attached hydrogens (tertiary/aromatic N) is 5. The van der Waals surface area contributed by atoms with Crippen LogP contribution in [-0.4, -0.2) is 95.0 Å². The molecule has 1 atom stereocenters. The number of carbonyl (C=O) groups excluding carboxylic acids is 1. The largest absolute Gasteiger partial charge is 0.455 e. The number of fused-ring (bicyclic) bond motifs is 1. The number of hydrogen-bond donors (Lipinski definition) is 4. The van der Waals surface area contributed by atoms with Crippen molar-refractivity contribution < 1.29 is 36.8 Å². The lowest BCUT2D eigenvalue weighted by Gasteiger charge is -2.58. The van der Waals surface area contributed by atoms with E-state index in [0.29, 0.717) is 54.9 Å². The number of hydrogen-bond acceptors (Lipinski definition) is 12. The molecule has 2 aliphatic carbocycles. The number of piperidine rings is 1. The Labute approximate surface area is 430 Å². The van der Waals surface area contributed by atoms with Gasteiger partial charge in [0.25, 0.3) is 21.6 Å². The summed E-state index contributed by atoms with van der Waals surface area (Å²) < 4.78 is 64.6. The number of amides is 1. The van der Waals surface area contributed by atoms with Crippen molar-refractivity contribution in [1.29, 1.82) is 0 Å². The molecule has 2 aromatic heterocycles. The molecule has 6 aromatic rings. The lowest BCUT2D eigenvalue weighted by atomic mass is 9.59. The molecule has 2 saturated heterocycles. The normalized spacial score (nSPS) is 21.7. The highest BCUT2D eigenvalue weighted by Gasteiger charge is 2.50. The number of aliphatic hydroxyl groups is 1. The van der Waals surface area contributed by atoms with Gasteiger partial charge in [-0.05, 0) is 141 Å². The summed E-state index contributed by atoms with van der Waals surface area (Å²) in [5.74, 6) is -1.15. The van der Waals surface area contributed by atoms with Gasteiger partial charge in [0.1, 0.15) is 34.5 Å². The Bertz CT molecular complexity index is 3140. The van der Waals surface area contributed by atoms with Crippen LogP contribution in [0.1, 0.15) is 111 Å². The molecule has 4 aliphatic rings. The highest BCUT2D eigenvalue weighted by atomic mass is 32.2. The van der Waals surface area contributed by atoms with Crippen LogP contribution in [0.15, 0.2) is 108 Å². The van der Waals surface area contributed by atoms with Crippen LogP contribution in [0.25, 0.3) is 11.0 Å². The minimum Gasteiger partial charge on any atom is -0.455 e. The summed E-state index contributed by atoms with van der Waals surface area (Å²) in [7, 11) is -4.61. The number of rotatable bonds is 15. The fourth-order valence-electron chi connectivity index (χ4n) is 11.9. The predicted octanol–water partition coefficient (Wildman–Crippen LogP) is 10.4. The number of piperazine rings is 1. The van der Waals surface area contributed by atoms with Crippen molar-refractivity contribution in [1.82, 2.24) is 24.5 Å². The molecule has 10 rings (SSSR count). The molecule has 0 radical (unpaired) electrons. The highest BCUT2D eigenvalue weighted by molar-refractivity contribution is 7.90. The second kappa shape index (κ2) is 20.7. The molecule has 2 saturated carbocycles. The van der Waals surface area contributed by atoms with Crippen LogP contribution in [0.5, 0.6) is 11.5 Å². The average molecular weight is 1030 g/mol. The summed E-state index contributed by atoms with van der Waals surface area (Å²) in [6, 6.07) is 25.1. The molecule has 4 fully saturated rings. The van der Waals surface area contributed by atoms with Crippen LogP contribution in [0.2, 0.25) is 0 Å². The molecule has 18 heteroatoms. The average Bonchev–Trinajstić information content (AvgIpc) is 3.83. The third kappa shape index (κ3) is 11.1. The molecule has 4 N–H and O–H groups in total. The van der Waals surface area contributed by atoms with Gasteiger partial charge in [0, 0.05) is 93.4 Å². The van der Waals surface area contributed by atoms with Crippen molar-refractivity contribution in [3.8, 4) is 11.5 Å². The molecular weight excluding hydrogens is 967 g/mol. The zero-order valence-corrected chi connectivity index (χ0v) is 42.8. The van der Waals surface area contributed by atoms with Crippen molar-refractivity contribution in [2.75, 3.05) is 49.5 Å². The quantitative estimate of drug-likeness (QED) is 0.0564. The number of sulfonamides is 1. The van der Waals surface area contributed by atoms with E-state index in [1.165, 1.54) is 41.6 Å². The number of nitro benzene ring substituents is 1. The molecule has 1 amide bonds. The number of carbonyl (C=O) groups is 1. The first-order valence-electron chi connectivity index (χ1n) is 25.7. The summed E-state index contributed by atoms with van der Waals surface area (Å²) in [5, 5.41) is 26.4. The Morgan fingerprint density at radius 2 is 1.69 bits per heavy atom. The van der Waals surface area contributed by atoms with Gasteiger partial charge >= 0.3 is 0 Å². The predicted molar refractivity (Wildman–Crippen MR) is 280 cm³/mol. The van der Waals surface area contributed by atoms with E-state index in [4.69, 9.17) is 4.74 Å². The molecule has 1 spiro atoms. The van der Waals surface area contributed by atoms with Gasteiger partial charge in [-0.1, -0.05) is 38.1 Å². The Hall–Kier alpha value is -6.47. The van der Waals surface area contributed by atoms with E-state index in [2.05, 4.69) is 72.8 Å². The first-order valence-corrected chi connectivity index (χ1v) is 27.2. The maximum atomic E-state index is 14.2. The van der Waals surface area contributed by atoms with Gasteiger partial charge in [-0.2, -0.15) is 0 Å². The zero-order valence-electron chi connectivity index (χ0n) is 42.0. The maximum Gasteiger partial charge on any atom is 0.293 e. The monoisotopic (exact) mass is 1030 g/mol. The number of benzene rings is 4. The summed E-state index contributed by atoms with van der Waals surface area (Å²) in [6.45, 7) is 11.0. The number of aromatic nitrogens is 2. The molecule has 4 heterocycles. The van der Waals surface area contributed by atoms with Crippen molar-refractivity contribution in [2.45, 2.75) is 107 Å². The van der Waals surface area contributed by atoms with Crippen LogP contribution in [0, 0.1) is 33.1 Å². The third-order valence-electron chi connectivity index (χ3n) is 16.1. The maximum absolute atomic E-state index is 14.2. The van der Waals surface area contributed by atoms with Gasteiger partial charge in [-0.15, -0.1) is 0 Å². The van der Waals surface area contributed by atoms with Gasteiger partial charge in [-0.25, -0.2) is 26.9 Å². The van der Waals surface area contributed by atoms with Crippen LogP contribution < -0.4 is 19.7 Å². The number of pyridine rings is 1. The first-order chi connectivity index (χ1) is 35.4. The van der Waals surface area contributed by atoms with Crippen LogP contribution in [-0.2, 0) is 16.6 Å². The van der Waals surface area contributed by atoms with E-state index in [1.807, 2.05) is 6.07 Å². The third-order valence-corrected chi connectivity index (χ3v) is 17.4. The Morgan fingerprint density at radius 3 is 2.42 bits per heavy atom. The van der Waals surface area contributed by atoms with E-state index in [1.54, 1.807) is 37.4 Å². The lowest BCUT2D eigenvalue weighted by Crippen LogP contribution is -2.60. The number of H-pyrrole nitrogens is 1. The number of nitro groups is 1. The Balaban J connectivity index is 0.833. The standard InChI is InChI=1S/C56H64F2N8O7S/c1-36(2)46-6-4-5-7-47(46)51-35-63(34-38-24-40(57)27-41(58)25-38)22-23-65(51)43-30-56(31-43)17-20-64(21-18-56)42-8-10-48(52(28-42)73-44-26-39-14-19-59-53(39)61-33-44)54(67)62-74(71,72)45-9-11-49(50(29-45)66(69)70)60-32-37-12-15-55(3,68)16-13-37/h4-11,14,19,24-29,33,36-37,43,51,60,68H,12-13,15-18,20-23,30-32,34-35H2,1-3H3,(H,59,61)(H,62,67). The van der Waals surface area contributed by atoms with Crippen LogP contribution in [0.3, 0.4) is 0 Å². The summed E-state index contributed by atoms with van der Waals surface area (Å²) in [6.07, 6.45) is 10.0. The van der Waals surface area contributed by atoms with Crippen molar-refractivity contribution >= 4 is 44.0 Å². The molecule has 2 aliphatic heterocycles.